The van der Waals surface area contributed by atoms with Crippen molar-refractivity contribution in [3.05, 3.63) is 59.7 Å². The zero-order chi connectivity index (χ0) is 14.5. The van der Waals surface area contributed by atoms with Crippen LogP contribution in [0.15, 0.2) is 42.6 Å². The van der Waals surface area contributed by atoms with Crippen molar-refractivity contribution in [2.45, 2.75) is 19.9 Å². The van der Waals surface area contributed by atoms with Crippen LogP contribution in [-0.4, -0.2) is 18.1 Å². The maximum atomic E-state index is 14.0. The highest BCUT2D eigenvalue weighted by atomic mass is 19.1. The van der Waals surface area contributed by atoms with E-state index in [2.05, 4.69) is 4.98 Å². The third kappa shape index (κ3) is 2.96. The molecule has 2 N–H and O–H groups in total. The van der Waals surface area contributed by atoms with Gasteiger partial charge in [-0.15, -0.1) is 0 Å². The lowest BCUT2D eigenvalue weighted by molar-refractivity contribution is 0.587. The molecule has 2 rings (SSSR count). The van der Waals surface area contributed by atoms with Gasteiger partial charge in [-0.3, -0.25) is 4.98 Å². The summed E-state index contributed by atoms with van der Waals surface area (Å²) in [7, 11) is 0. The minimum Gasteiger partial charge on any atom is -0.361 e. The fourth-order valence-electron chi connectivity index (χ4n) is 2.36. The van der Waals surface area contributed by atoms with Gasteiger partial charge in [-0.05, 0) is 37.6 Å². The van der Waals surface area contributed by atoms with Crippen molar-refractivity contribution in [1.29, 1.82) is 0 Å². The highest BCUT2D eigenvalue weighted by Gasteiger charge is 2.20. The molecule has 106 valence electrons. The Morgan fingerprint density at radius 2 is 2.00 bits per heavy atom. The molecule has 1 heterocycles. The summed E-state index contributed by atoms with van der Waals surface area (Å²) in [6.07, 6.45) is 1.82. The van der Waals surface area contributed by atoms with Gasteiger partial charge in [0.2, 0.25) is 0 Å². The van der Waals surface area contributed by atoms with E-state index in [9.17, 15) is 4.39 Å². The fourth-order valence-corrected chi connectivity index (χ4v) is 2.36. The van der Waals surface area contributed by atoms with Crippen molar-refractivity contribution in [2.75, 3.05) is 18.0 Å². The summed E-state index contributed by atoms with van der Waals surface area (Å²) in [6.45, 7) is 5.02. The minimum absolute atomic E-state index is 0.0787. The molecule has 1 unspecified atom stereocenters. The Morgan fingerprint density at radius 3 is 2.55 bits per heavy atom. The smallest absolute Gasteiger partial charge is 0.146 e. The van der Waals surface area contributed by atoms with Gasteiger partial charge in [-0.2, -0.15) is 0 Å². The van der Waals surface area contributed by atoms with Gasteiger partial charge in [0.05, 0.1) is 11.7 Å². The van der Waals surface area contributed by atoms with E-state index in [0.29, 0.717) is 18.8 Å². The normalized spacial score (nSPS) is 12.2. The molecular formula is C16H20FN3. The van der Waals surface area contributed by atoms with E-state index in [1.165, 1.54) is 6.07 Å². The lowest BCUT2D eigenvalue weighted by Crippen LogP contribution is -2.34. The molecule has 1 atom stereocenters. The number of hydrogen-bond donors (Lipinski definition) is 1. The highest BCUT2D eigenvalue weighted by molar-refractivity contribution is 5.50. The molecule has 0 saturated carbocycles. The van der Waals surface area contributed by atoms with Crippen molar-refractivity contribution in [1.82, 2.24) is 4.98 Å². The number of halogens is 1. The maximum absolute atomic E-state index is 14.0. The number of pyridine rings is 1. The van der Waals surface area contributed by atoms with E-state index in [1.807, 2.05) is 43.1 Å². The van der Waals surface area contributed by atoms with E-state index in [-0.39, 0.29) is 11.9 Å². The van der Waals surface area contributed by atoms with Crippen molar-refractivity contribution in [2.24, 2.45) is 5.73 Å². The Kier molecular flexibility index (Phi) is 4.69. The molecule has 1 aromatic carbocycles. The molecule has 0 fully saturated rings. The maximum Gasteiger partial charge on any atom is 0.146 e. The van der Waals surface area contributed by atoms with Gasteiger partial charge in [0.1, 0.15) is 5.82 Å². The van der Waals surface area contributed by atoms with Crippen LogP contribution < -0.4 is 10.6 Å². The van der Waals surface area contributed by atoms with E-state index in [4.69, 9.17) is 5.73 Å². The van der Waals surface area contributed by atoms with Crippen molar-refractivity contribution >= 4 is 5.69 Å². The van der Waals surface area contributed by atoms with Crippen LogP contribution in [0, 0.1) is 12.7 Å². The third-order valence-corrected chi connectivity index (χ3v) is 3.42. The predicted molar refractivity (Wildman–Crippen MR) is 80.2 cm³/mol. The number of aromatic nitrogens is 1. The number of benzene rings is 1. The van der Waals surface area contributed by atoms with Crippen LogP contribution in [-0.2, 0) is 0 Å². The summed E-state index contributed by atoms with van der Waals surface area (Å²) in [4.78, 5) is 6.28. The first-order valence-electron chi connectivity index (χ1n) is 6.81. The molecule has 4 heteroatoms. The number of nitrogens with zero attached hydrogens (tertiary/aromatic N) is 2. The molecule has 2 aromatic rings. The van der Waals surface area contributed by atoms with Gasteiger partial charge in [-0.1, -0.05) is 18.2 Å². The average molecular weight is 273 g/mol. The standard InChI is InChI=1S/C16H20FN3/c1-3-20(15-7-5-4-6-14(15)17)16(10-18)13-9-8-12(2)19-11-13/h4-9,11,16H,3,10,18H2,1-2H3. The number of anilines is 1. The second-order valence-electron chi connectivity index (χ2n) is 4.72. The summed E-state index contributed by atoms with van der Waals surface area (Å²) in [5, 5.41) is 0. The molecule has 0 radical (unpaired) electrons. The average Bonchev–Trinajstić information content (AvgIpc) is 2.47. The highest BCUT2D eigenvalue weighted by Crippen LogP contribution is 2.28. The van der Waals surface area contributed by atoms with Crippen LogP contribution in [0.2, 0.25) is 0 Å². The molecule has 0 aliphatic carbocycles. The Morgan fingerprint density at radius 1 is 1.25 bits per heavy atom. The van der Waals surface area contributed by atoms with Gasteiger partial charge in [-0.25, -0.2) is 4.39 Å². The molecule has 20 heavy (non-hydrogen) atoms. The summed E-state index contributed by atoms with van der Waals surface area (Å²) in [6, 6.07) is 10.7. The molecule has 1 aromatic heterocycles. The van der Waals surface area contributed by atoms with Crippen LogP contribution in [0.3, 0.4) is 0 Å². The first kappa shape index (κ1) is 14.5. The first-order chi connectivity index (χ1) is 9.67. The quantitative estimate of drug-likeness (QED) is 0.910. The minimum atomic E-state index is -0.229. The Balaban J connectivity index is 2.38. The van der Waals surface area contributed by atoms with E-state index in [0.717, 1.165) is 11.3 Å². The lowest BCUT2D eigenvalue weighted by Gasteiger charge is -2.32. The summed E-state index contributed by atoms with van der Waals surface area (Å²) >= 11 is 0. The zero-order valence-corrected chi connectivity index (χ0v) is 11.9. The number of likely N-dealkylation sites (N-methyl/N-ethyl adjacent to an activating group) is 1. The summed E-state index contributed by atoms with van der Waals surface area (Å²) in [5.74, 6) is -0.229. The van der Waals surface area contributed by atoms with E-state index >= 15 is 0 Å². The van der Waals surface area contributed by atoms with Gasteiger partial charge in [0.25, 0.3) is 0 Å². The van der Waals surface area contributed by atoms with Gasteiger partial charge < -0.3 is 10.6 Å². The van der Waals surface area contributed by atoms with Crippen LogP contribution >= 0.6 is 0 Å². The molecule has 0 bridgehead atoms. The third-order valence-electron chi connectivity index (χ3n) is 3.42. The molecule has 0 spiro atoms. The number of hydrogen-bond acceptors (Lipinski definition) is 3. The first-order valence-corrected chi connectivity index (χ1v) is 6.81. The number of para-hydroxylation sites is 1. The Bertz CT molecular complexity index is 554. The SMILES string of the molecule is CCN(c1ccccc1F)C(CN)c1ccc(C)nc1. The van der Waals surface area contributed by atoms with Gasteiger partial charge >= 0.3 is 0 Å². The molecular weight excluding hydrogens is 253 g/mol. The van der Waals surface area contributed by atoms with Gasteiger partial charge in [0.15, 0.2) is 0 Å². The summed E-state index contributed by atoms with van der Waals surface area (Å²) < 4.78 is 14.0. The molecule has 3 nitrogen and oxygen atoms in total. The summed E-state index contributed by atoms with van der Waals surface area (Å²) in [5.41, 5.74) is 8.45. The zero-order valence-electron chi connectivity index (χ0n) is 11.9. The number of nitrogens with two attached hydrogens (primary N) is 1. The molecule has 0 saturated heterocycles. The topological polar surface area (TPSA) is 42.1 Å². The largest absolute Gasteiger partial charge is 0.361 e. The fraction of sp³-hybridized carbons (Fsp3) is 0.312. The van der Waals surface area contributed by atoms with Crippen LogP contribution in [0.1, 0.15) is 24.2 Å². The second-order valence-corrected chi connectivity index (χ2v) is 4.72. The number of aryl methyl sites for hydroxylation is 1. The van der Waals surface area contributed by atoms with E-state index < -0.39 is 0 Å². The lowest BCUT2D eigenvalue weighted by atomic mass is 10.1. The molecule has 0 aliphatic rings. The number of rotatable bonds is 5. The molecule has 0 amide bonds. The van der Waals surface area contributed by atoms with Crippen LogP contribution in [0.5, 0.6) is 0 Å². The monoisotopic (exact) mass is 273 g/mol. The van der Waals surface area contributed by atoms with Crippen molar-refractivity contribution < 1.29 is 4.39 Å². The van der Waals surface area contributed by atoms with Crippen molar-refractivity contribution in [3.63, 3.8) is 0 Å². The van der Waals surface area contributed by atoms with Crippen LogP contribution in [0.4, 0.5) is 10.1 Å². The molecule has 0 aliphatic heterocycles. The Hall–Kier alpha value is -1.94. The van der Waals surface area contributed by atoms with Gasteiger partial charge in [0, 0.05) is 25.0 Å². The van der Waals surface area contributed by atoms with Crippen LogP contribution in [0.25, 0.3) is 0 Å². The van der Waals surface area contributed by atoms with Crippen molar-refractivity contribution in [3.8, 4) is 0 Å². The second kappa shape index (κ2) is 6.48. The Labute approximate surface area is 119 Å². The predicted octanol–water partition coefficient (Wildman–Crippen LogP) is 3.06. The van der Waals surface area contributed by atoms with E-state index in [1.54, 1.807) is 12.1 Å².